The van der Waals surface area contributed by atoms with Crippen LogP contribution in [0.1, 0.15) is 18.4 Å². The first-order valence-electron chi connectivity index (χ1n) is 9.60. The van der Waals surface area contributed by atoms with Gasteiger partial charge < -0.3 is 14.8 Å². The molecule has 3 heterocycles. The highest BCUT2D eigenvalue weighted by molar-refractivity contribution is 8.00. The summed E-state index contributed by atoms with van der Waals surface area (Å²) in [5.41, 5.74) is 0.938. The molecule has 4 rings (SSSR count). The van der Waals surface area contributed by atoms with Crippen molar-refractivity contribution in [2.24, 2.45) is 0 Å². The normalized spacial score (nSPS) is 20.8. The van der Waals surface area contributed by atoms with E-state index in [1.165, 1.54) is 15.6 Å². The molecule has 1 N–H and O–H groups in total. The summed E-state index contributed by atoms with van der Waals surface area (Å²) in [6.07, 6.45) is 2.45. The van der Waals surface area contributed by atoms with Crippen molar-refractivity contribution < 1.29 is 17.9 Å². The fourth-order valence-electron chi connectivity index (χ4n) is 3.22. The molecule has 1 aromatic carbocycles. The molecule has 1 atom stereocenters. The molecule has 1 aromatic heterocycles. The molecule has 0 aliphatic carbocycles. The summed E-state index contributed by atoms with van der Waals surface area (Å²) in [5.74, 6) is 0.632. The number of rotatable bonds is 8. The second kappa shape index (κ2) is 9.71. The third kappa shape index (κ3) is 5.47. The maximum Gasteiger partial charge on any atom is 0.243 e. The summed E-state index contributed by atoms with van der Waals surface area (Å²) in [4.78, 5) is 0.327. The number of morpholine rings is 1. The predicted molar refractivity (Wildman–Crippen MR) is 113 cm³/mol. The van der Waals surface area contributed by atoms with Crippen LogP contribution >= 0.6 is 23.1 Å². The van der Waals surface area contributed by atoms with Crippen molar-refractivity contribution in [3.8, 4) is 0 Å². The second-order valence-electron chi connectivity index (χ2n) is 6.84. The summed E-state index contributed by atoms with van der Waals surface area (Å²) in [6.45, 7) is 3.26. The number of hydrogen-bond donors (Lipinski definition) is 1. The van der Waals surface area contributed by atoms with Gasteiger partial charge in [0, 0.05) is 32.0 Å². The van der Waals surface area contributed by atoms with Crippen LogP contribution in [0.15, 0.2) is 33.5 Å². The topological polar surface area (TPSA) is 93.7 Å². The lowest BCUT2D eigenvalue weighted by atomic mass is 10.2. The van der Waals surface area contributed by atoms with Gasteiger partial charge in [-0.05, 0) is 30.5 Å². The molecule has 2 fully saturated rings. The Balaban J connectivity index is 1.33. The first kappa shape index (κ1) is 21.0. The van der Waals surface area contributed by atoms with Gasteiger partial charge in [0.05, 0.1) is 24.2 Å². The quantitative estimate of drug-likeness (QED) is 0.606. The Hall–Kier alpha value is -1.24. The van der Waals surface area contributed by atoms with Gasteiger partial charge >= 0.3 is 0 Å². The molecular formula is C18H24N4O4S3. The minimum Gasteiger partial charge on any atom is -0.379 e. The van der Waals surface area contributed by atoms with Crippen LogP contribution in [-0.2, 0) is 25.2 Å². The number of anilines is 1. The Morgan fingerprint density at radius 1 is 1.24 bits per heavy atom. The van der Waals surface area contributed by atoms with Crippen LogP contribution in [0.2, 0.25) is 0 Å². The molecule has 11 heteroatoms. The fourth-order valence-corrected chi connectivity index (χ4v) is 6.40. The summed E-state index contributed by atoms with van der Waals surface area (Å²) in [7, 11) is -3.48. The van der Waals surface area contributed by atoms with E-state index in [2.05, 4.69) is 15.5 Å². The molecule has 29 heavy (non-hydrogen) atoms. The molecule has 8 nitrogen and oxygen atoms in total. The third-order valence-electron chi connectivity index (χ3n) is 4.78. The Bertz CT molecular complexity index is 909. The van der Waals surface area contributed by atoms with Crippen molar-refractivity contribution >= 4 is 38.3 Å². The predicted octanol–water partition coefficient (Wildman–Crippen LogP) is 2.44. The smallest absolute Gasteiger partial charge is 0.243 e. The zero-order valence-electron chi connectivity index (χ0n) is 16.0. The molecule has 2 aromatic rings. The summed E-state index contributed by atoms with van der Waals surface area (Å²) >= 11 is 3.05. The molecule has 1 unspecified atom stereocenters. The summed E-state index contributed by atoms with van der Waals surface area (Å²) in [5, 5.41) is 12.4. The highest BCUT2D eigenvalue weighted by Crippen LogP contribution is 2.29. The minimum absolute atomic E-state index is 0.256. The monoisotopic (exact) mass is 456 g/mol. The van der Waals surface area contributed by atoms with Crippen LogP contribution in [-0.4, -0.2) is 68.5 Å². The van der Waals surface area contributed by atoms with Crippen molar-refractivity contribution in [2.75, 3.05) is 44.8 Å². The van der Waals surface area contributed by atoms with Crippen molar-refractivity contribution in [3.63, 3.8) is 0 Å². The van der Waals surface area contributed by atoms with E-state index in [1.54, 1.807) is 30.0 Å². The Kier molecular flexibility index (Phi) is 7.04. The van der Waals surface area contributed by atoms with E-state index >= 15 is 0 Å². The van der Waals surface area contributed by atoms with E-state index in [9.17, 15) is 8.42 Å². The number of thioether (sulfide) groups is 1. The number of nitrogens with one attached hydrogen (secondary N) is 1. The van der Waals surface area contributed by atoms with Crippen molar-refractivity contribution in [2.45, 2.75) is 33.9 Å². The molecule has 0 bridgehead atoms. The van der Waals surface area contributed by atoms with E-state index in [-0.39, 0.29) is 6.10 Å². The SMILES string of the molecule is O=S(=O)(c1cccc(CSc2nnc(NCC3CCCO3)s2)c1)N1CCOCC1. The van der Waals surface area contributed by atoms with Gasteiger partial charge in [0.2, 0.25) is 15.2 Å². The van der Waals surface area contributed by atoms with E-state index in [4.69, 9.17) is 9.47 Å². The lowest BCUT2D eigenvalue weighted by molar-refractivity contribution is 0.0730. The highest BCUT2D eigenvalue weighted by Gasteiger charge is 2.26. The molecule has 0 amide bonds. The Morgan fingerprint density at radius 3 is 2.90 bits per heavy atom. The zero-order chi connectivity index (χ0) is 20.1. The molecule has 158 valence electrons. The Morgan fingerprint density at radius 2 is 2.10 bits per heavy atom. The number of aromatic nitrogens is 2. The third-order valence-corrected chi connectivity index (χ3v) is 8.76. The number of benzene rings is 1. The number of hydrogen-bond acceptors (Lipinski definition) is 9. The van der Waals surface area contributed by atoms with Gasteiger partial charge in [-0.15, -0.1) is 10.2 Å². The second-order valence-corrected chi connectivity index (χ2v) is 11.0. The van der Waals surface area contributed by atoms with E-state index in [0.717, 1.165) is 41.0 Å². The van der Waals surface area contributed by atoms with Gasteiger partial charge in [0.25, 0.3) is 0 Å². The van der Waals surface area contributed by atoms with E-state index in [1.807, 2.05) is 6.07 Å². The largest absolute Gasteiger partial charge is 0.379 e. The van der Waals surface area contributed by atoms with E-state index < -0.39 is 10.0 Å². The molecule has 0 radical (unpaired) electrons. The first-order chi connectivity index (χ1) is 14.1. The van der Waals surface area contributed by atoms with Crippen LogP contribution < -0.4 is 5.32 Å². The van der Waals surface area contributed by atoms with Crippen molar-refractivity contribution in [3.05, 3.63) is 29.8 Å². The molecule has 2 aliphatic rings. The van der Waals surface area contributed by atoms with Crippen LogP contribution in [0.3, 0.4) is 0 Å². The van der Waals surface area contributed by atoms with Crippen molar-refractivity contribution in [1.29, 1.82) is 0 Å². The molecule has 0 saturated carbocycles. The van der Waals surface area contributed by atoms with Crippen molar-refractivity contribution in [1.82, 2.24) is 14.5 Å². The van der Waals surface area contributed by atoms with Gasteiger partial charge in [-0.25, -0.2) is 8.42 Å². The molecule has 2 aliphatic heterocycles. The molecule has 2 saturated heterocycles. The van der Waals surface area contributed by atoms with Crippen LogP contribution in [0.4, 0.5) is 5.13 Å². The Labute approximate surface area is 179 Å². The van der Waals surface area contributed by atoms with Gasteiger partial charge in [-0.1, -0.05) is 35.2 Å². The number of sulfonamides is 1. The van der Waals surface area contributed by atoms with Gasteiger partial charge in [-0.2, -0.15) is 4.31 Å². The number of ether oxygens (including phenoxy) is 2. The highest BCUT2D eigenvalue weighted by atomic mass is 32.2. The van der Waals surface area contributed by atoms with Gasteiger partial charge in [0.1, 0.15) is 0 Å². The fraction of sp³-hybridized carbons (Fsp3) is 0.556. The number of nitrogens with zero attached hydrogens (tertiary/aromatic N) is 3. The summed E-state index contributed by atoms with van der Waals surface area (Å²) in [6, 6.07) is 7.12. The summed E-state index contributed by atoms with van der Waals surface area (Å²) < 4.78 is 38.8. The maximum absolute atomic E-state index is 12.8. The van der Waals surface area contributed by atoms with Gasteiger partial charge in [0.15, 0.2) is 4.34 Å². The lowest BCUT2D eigenvalue weighted by Crippen LogP contribution is -2.40. The van der Waals surface area contributed by atoms with Gasteiger partial charge in [-0.3, -0.25) is 0 Å². The average molecular weight is 457 g/mol. The van der Waals surface area contributed by atoms with Crippen LogP contribution in [0.5, 0.6) is 0 Å². The van der Waals surface area contributed by atoms with Crippen LogP contribution in [0, 0.1) is 0 Å². The average Bonchev–Trinajstić information content (AvgIpc) is 3.43. The van der Waals surface area contributed by atoms with Crippen LogP contribution in [0.25, 0.3) is 0 Å². The minimum atomic E-state index is -3.48. The lowest BCUT2D eigenvalue weighted by Gasteiger charge is -2.26. The maximum atomic E-state index is 12.8. The standard InChI is InChI=1S/C18H24N4O4S3/c23-29(24,22-6-9-25-10-7-22)16-5-1-3-14(11-16)13-27-18-21-20-17(28-18)19-12-15-4-2-8-26-15/h1,3,5,11,15H,2,4,6-10,12-13H2,(H,19,20). The molecular weight excluding hydrogens is 432 g/mol. The zero-order valence-corrected chi connectivity index (χ0v) is 18.4. The first-order valence-corrected chi connectivity index (χ1v) is 12.8. The molecule has 0 spiro atoms. The van der Waals surface area contributed by atoms with E-state index in [0.29, 0.717) is 37.0 Å².